The minimum Gasteiger partial charge on any atom is -0.462 e. The summed E-state index contributed by atoms with van der Waals surface area (Å²) in [6.45, 7) is 5.54. The zero-order valence-corrected chi connectivity index (χ0v) is 22.2. The van der Waals surface area contributed by atoms with Gasteiger partial charge in [0.05, 0.1) is 5.39 Å². The van der Waals surface area contributed by atoms with Gasteiger partial charge >= 0.3 is 6.01 Å². The Balaban J connectivity index is 1.34. The number of aromatic nitrogens is 3. The standard InChI is InChI=1S/C31H34FN5O/c1-19-8-11-24-22(13-19)5-3-7-25(24)28-27(32)29-26(15-33-28)30(37-16-20-9-10-21(14-20)17-37)35-31(34-29)38-18-23-6-4-12-36(23)2/h3,5,7-8,11,13,15,20-21,23H,4,6,9-10,12,14,16-18H2,1-2H3/t20?,21?,23-/m0/s1. The molecule has 1 aliphatic carbocycles. The molecule has 0 N–H and O–H groups in total. The van der Waals surface area contributed by atoms with Gasteiger partial charge in [0.15, 0.2) is 5.82 Å². The van der Waals surface area contributed by atoms with Crippen molar-refractivity contribution in [3.8, 4) is 17.3 Å². The van der Waals surface area contributed by atoms with Crippen molar-refractivity contribution in [1.29, 1.82) is 0 Å². The smallest absolute Gasteiger partial charge is 0.319 e. The van der Waals surface area contributed by atoms with E-state index in [-0.39, 0.29) is 11.5 Å². The number of pyridine rings is 1. The first-order valence-corrected chi connectivity index (χ1v) is 14.0. The average Bonchev–Trinajstić information content (AvgIpc) is 3.50. The SMILES string of the molecule is Cc1ccc2c(-c3ncc4c(N5CC6CCC(C6)C5)nc(OC[C@@H]5CCCN5C)nc4c3F)cccc2c1. The number of aryl methyl sites for hydroxylation is 1. The average molecular weight is 512 g/mol. The number of fused-ring (bicyclic) bond motifs is 4. The highest BCUT2D eigenvalue weighted by Gasteiger charge is 2.35. The van der Waals surface area contributed by atoms with Gasteiger partial charge in [0.1, 0.15) is 23.6 Å². The second-order valence-corrected chi connectivity index (χ2v) is 11.6. The predicted molar refractivity (Wildman–Crippen MR) is 149 cm³/mol. The lowest BCUT2D eigenvalue weighted by molar-refractivity contribution is 0.188. The van der Waals surface area contributed by atoms with Crippen LogP contribution in [0.25, 0.3) is 32.9 Å². The summed E-state index contributed by atoms with van der Waals surface area (Å²) in [5.74, 6) is 1.69. The van der Waals surface area contributed by atoms with Crippen LogP contribution in [0.5, 0.6) is 6.01 Å². The molecule has 2 aromatic carbocycles. The zero-order valence-electron chi connectivity index (χ0n) is 22.2. The van der Waals surface area contributed by atoms with Gasteiger partial charge in [0.2, 0.25) is 0 Å². The monoisotopic (exact) mass is 511 g/mol. The molecule has 4 aromatic rings. The minimum atomic E-state index is -0.415. The van der Waals surface area contributed by atoms with E-state index in [2.05, 4.69) is 51.9 Å². The van der Waals surface area contributed by atoms with Crippen molar-refractivity contribution >= 4 is 27.5 Å². The van der Waals surface area contributed by atoms with E-state index in [4.69, 9.17) is 9.72 Å². The Hall–Kier alpha value is -3.32. The molecule has 0 radical (unpaired) electrons. The van der Waals surface area contributed by atoms with E-state index in [1.54, 1.807) is 6.20 Å². The van der Waals surface area contributed by atoms with E-state index in [1.807, 2.05) is 18.2 Å². The molecule has 7 heteroatoms. The third-order valence-corrected chi connectivity index (χ3v) is 8.92. The number of benzene rings is 2. The van der Waals surface area contributed by atoms with Crippen LogP contribution in [-0.4, -0.2) is 59.2 Å². The first kappa shape index (κ1) is 23.8. The van der Waals surface area contributed by atoms with Crippen LogP contribution >= 0.6 is 0 Å². The molecule has 38 heavy (non-hydrogen) atoms. The first-order chi connectivity index (χ1) is 18.5. The Bertz CT molecular complexity index is 1510. The molecule has 0 spiro atoms. The van der Waals surface area contributed by atoms with Crippen LogP contribution in [0.3, 0.4) is 0 Å². The minimum absolute atomic E-state index is 0.260. The number of hydrogen-bond donors (Lipinski definition) is 0. The molecule has 7 rings (SSSR count). The van der Waals surface area contributed by atoms with Gasteiger partial charge in [-0.3, -0.25) is 4.98 Å². The predicted octanol–water partition coefficient (Wildman–Crippen LogP) is 6.00. The molecule has 196 valence electrons. The van der Waals surface area contributed by atoms with Crippen molar-refractivity contribution in [2.75, 3.05) is 38.2 Å². The van der Waals surface area contributed by atoms with Gasteiger partial charge < -0.3 is 14.5 Å². The number of nitrogens with zero attached hydrogens (tertiary/aromatic N) is 5. The Labute approximate surface area is 222 Å². The molecule has 0 amide bonds. The highest BCUT2D eigenvalue weighted by atomic mass is 19.1. The summed E-state index contributed by atoms with van der Waals surface area (Å²) in [5.41, 5.74) is 2.55. The van der Waals surface area contributed by atoms with Crippen LogP contribution in [0.15, 0.2) is 42.6 Å². The maximum absolute atomic E-state index is 16.4. The fraction of sp³-hybridized carbons (Fsp3) is 0.452. The number of likely N-dealkylation sites (tertiary alicyclic amines) is 1. The van der Waals surface area contributed by atoms with Crippen LogP contribution < -0.4 is 9.64 Å². The third kappa shape index (κ3) is 4.17. The number of ether oxygens (including phenoxy) is 1. The maximum Gasteiger partial charge on any atom is 0.319 e. The number of rotatable bonds is 5. The van der Waals surface area contributed by atoms with Gasteiger partial charge in [-0.2, -0.15) is 9.97 Å². The van der Waals surface area contributed by atoms with Gasteiger partial charge in [-0.05, 0) is 75.2 Å². The first-order valence-electron chi connectivity index (χ1n) is 14.0. The van der Waals surface area contributed by atoms with E-state index in [0.717, 1.165) is 48.2 Å². The van der Waals surface area contributed by atoms with Crippen LogP contribution in [0.2, 0.25) is 0 Å². The van der Waals surface area contributed by atoms with Crippen LogP contribution in [0.1, 0.15) is 37.7 Å². The van der Waals surface area contributed by atoms with Crippen LogP contribution in [0, 0.1) is 24.6 Å². The molecule has 2 aliphatic heterocycles. The molecule has 2 saturated heterocycles. The van der Waals surface area contributed by atoms with E-state index in [0.29, 0.717) is 35.6 Å². The van der Waals surface area contributed by atoms with Gasteiger partial charge in [0, 0.05) is 30.9 Å². The molecule has 4 heterocycles. The number of likely N-dealkylation sites (N-methyl/N-ethyl adjacent to an activating group) is 1. The van der Waals surface area contributed by atoms with Crippen molar-refractivity contribution in [2.45, 2.75) is 45.1 Å². The molecule has 3 atom stereocenters. The van der Waals surface area contributed by atoms with Gasteiger partial charge in [-0.15, -0.1) is 0 Å². The summed E-state index contributed by atoms with van der Waals surface area (Å²) in [4.78, 5) is 18.9. The topological polar surface area (TPSA) is 54.4 Å². The second-order valence-electron chi connectivity index (χ2n) is 11.6. The summed E-state index contributed by atoms with van der Waals surface area (Å²) in [6.07, 6.45) is 7.83. The van der Waals surface area contributed by atoms with Crippen molar-refractivity contribution < 1.29 is 9.13 Å². The lowest BCUT2D eigenvalue weighted by atomic mass is 9.98. The normalized spacial score (nSPS) is 23.6. The van der Waals surface area contributed by atoms with Crippen molar-refractivity contribution in [2.24, 2.45) is 11.8 Å². The van der Waals surface area contributed by atoms with E-state index in [9.17, 15) is 0 Å². The Kier molecular flexibility index (Phi) is 5.91. The molecule has 2 bridgehead atoms. The molecule has 1 saturated carbocycles. The van der Waals surface area contributed by atoms with E-state index >= 15 is 4.39 Å². The summed E-state index contributed by atoms with van der Waals surface area (Å²) < 4.78 is 22.6. The number of anilines is 1. The Morgan fingerprint density at radius 3 is 2.66 bits per heavy atom. The fourth-order valence-corrected chi connectivity index (χ4v) is 6.87. The van der Waals surface area contributed by atoms with Gasteiger partial charge in [-0.25, -0.2) is 4.39 Å². The van der Waals surface area contributed by atoms with Gasteiger partial charge in [0.25, 0.3) is 0 Å². The Morgan fingerprint density at radius 1 is 1.03 bits per heavy atom. The highest BCUT2D eigenvalue weighted by molar-refractivity contribution is 5.99. The summed E-state index contributed by atoms with van der Waals surface area (Å²) >= 11 is 0. The van der Waals surface area contributed by atoms with E-state index < -0.39 is 5.82 Å². The van der Waals surface area contributed by atoms with Crippen molar-refractivity contribution in [3.05, 3.63) is 54.0 Å². The molecule has 3 fully saturated rings. The molecular formula is C31H34FN5O. The third-order valence-electron chi connectivity index (χ3n) is 8.92. The van der Waals surface area contributed by atoms with Crippen LogP contribution in [0.4, 0.5) is 10.2 Å². The summed E-state index contributed by atoms with van der Waals surface area (Å²) in [5, 5.41) is 2.71. The molecule has 6 nitrogen and oxygen atoms in total. The highest BCUT2D eigenvalue weighted by Crippen LogP contribution is 2.41. The second kappa shape index (κ2) is 9.45. The fourth-order valence-electron chi connectivity index (χ4n) is 6.87. The molecule has 2 aromatic heterocycles. The van der Waals surface area contributed by atoms with Crippen molar-refractivity contribution in [1.82, 2.24) is 19.9 Å². The lowest BCUT2D eigenvalue weighted by Crippen LogP contribution is -2.37. The largest absolute Gasteiger partial charge is 0.462 e. The molecular weight excluding hydrogens is 477 g/mol. The molecule has 3 aliphatic rings. The number of hydrogen-bond acceptors (Lipinski definition) is 6. The number of piperidine rings is 1. The maximum atomic E-state index is 16.4. The Morgan fingerprint density at radius 2 is 1.87 bits per heavy atom. The molecule has 2 unspecified atom stereocenters. The zero-order chi connectivity index (χ0) is 25.8. The quantitative estimate of drug-likeness (QED) is 0.328. The van der Waals surface area contributed by atoms with Crippen molar-refractivity contribution in [3.63, 3.8) is 0 Å². The summed E-state index contributed by atoms with van der Waals surface area (Å²) in [7, 11) is 2.13. The van der Waals surface area contributed by atoms with Gasteiger partial charge in [-0.1, -0.05) is 42.0 Å². The lowest BCUT2D eigenvalue weighted by Gasteiger charge is -2.33. The number of halogens is 1. The van der Waals surface area contributed by atoms with E-state index in [1.165, 1.54) is 31.2 Å². The van der Waals surface area contributed by atoms with Crippen LogP contribution in [-0.2, 0) is 0 Å². The summed E-state index contributed by atoms with van der Waals surface area (Å²) in [6, 6.07) is 12.8.